The number of benzene rings is 1. The summed E-state index contributed by atoms with van der Waals surface area (Å²) >= 11 is 0. The van der Waals surface area contributed by atoms with E-state index < -0.39 is 0 Å². The van der Waals surface area contributed by atoms with Crippen molar-refractivity contribution in [1.82, 2.24) is 9.80 Å². The van der Waals surface area contributed by atoms with Crippen molar-refractivity contribution in [2.24, 2.45) is 17.6 Å². The van der Waals surface area contributed by atoms with Crippen molar-refractivity contribution in [1.29, 1.82) is 0 Å². The Morgan fingerprint density at radius 2 is 1.63 bits per heavy atom. The summed E-state index contributed by atoms with van der Waals surface area (Å²) in [4.78, 5) is 5.04. The number of nitrogens with two attached hydrogens (primary N) is 1. The van der Waals surface area contributed by atoms with E-state index in [1.165, 1.54) is 11.1 Å². The van der Waals surface area contributed by atoms with Gasteiger partial charge in [-0.05, 0) is 31.4 Å². The number of likely N-dealkylation sites (tertiary alicyclic amines) is 2. The second-order valence-electron chi connectivity index (χ2n) is 6.50. The maximum Gasteiger partial charge on any atom is 0.0234 e. The minimum Gasteiger partial charge on any atom is -0.327 e. The lowest BCUT2D eigenvalue weighted by atomic mass is 9.80. The largest absolute Gasteiger partial charge is 0.327 e. The average molecular weight is 259 g/mol. The number of rotatable bonds is 2. The fourth-order valence-electron chi connectivity index (χ4n) is 3.68. The van der Waals surface area contributed by atoms with E-state index in [0.717, 1.165) is 32.7 Å². The first-order valence-electron chi connectivity index (χ1n) is 7.34. The molecule has 0 radical (unpaired) electrons. The molecule has 19 heavy (non-hydrogen) atoms. The zero-order valence-corrected chi connectivity index (χ0v) is 12.0. The van der Waals surface area contributed by atoms with Gasteiger partial charge in [-0.2, -0.15) is 0 Å². The molecule has 104 valence electrons. The van der Waals surface area contributed by atoms with Crippen LogP contribution in [0.5, 0.6) is 0 Å². The SMILES string of the molecule is Cc1ccc(CN2CC3CN(C)CC(C2)C3N)cc1. The Morgan fingerprint density at radius 3 is 2.21 bits per heavy atom. The first kappa shape index (κ1) is 13.1. The van der Waals surface area contributed by atoms with Gasteiger partial charge in [-0.3, -0.25) is 4.90 Å². The van der Waals surface area contributed by atoms with Crippen LogP contribution in [0.3, 0.4) is 0 Å². The van der Waals surface area contributed by atoms with Crippen molar-refractivity contribution in [3.63, 3.8) is 0 Å². The van der Waals surface area contributed by atoms with Crippen LogP contribution in [0, 0.1) is 18.8 Å². The number of aryl methyl sites for hydroxylation is 1. The first-order valence-corrected chi connectivity index (χ1v) is 7.34. The van der Waals surface area contributed by atoms with E-state index in [1.807, 2.05) is 0 Å². The zero-order valence-electron chi connectivity index (χ0n) is 12.0. The molecule has 2 unspecified atom stereocenters. The number of nitrogens with zero attached hydrogens (tertiary/aromatic N) is 2. The van der Waals surface area contributed by atoms with Crippen LogP contribution >= 0.6 is 0 Å². The normalized spacial score (nSPS) is 32.5. The molecule has 2 N–H and O–H groups in total. The monoisotopic (exact) mass is 259 g/mol. The highest BCUT2D eigenvalue weighted by atomic mass is 15.2. The van der Waals surface area contributed by atoms with Gasteiger partial charge in [-0.15, -0.1) is 0 Å². The van der Waals surface area contributed by atoms with Crippen LogP contribution in [0.15, 0.2) is 24.3 Å². The molecule has 1 aromatic rings. The third kappa shape index (κ3) is 2.83. The van der Waals surface area contributed by atoms with Crippen LogP contribution in [0.25, 0.3) is 0 Å². The predicted octanol–water partition coefficient (Wildman–Crippen LogP) is 1.32. The smallest absolute Gasteiger partial charge is 0.0234 e. The molecule has 2 fully saturated rings. The van der Waals surface area contributed by atoms with Gasteiger partial charge < -0.3 is 10.6 Å². The lowest BCUT2D eigenvalue weighted by Gasteiger charge is -2.48. The molecule has 1 aromatic carbocycles. The molecule has 0 aliphatic carbocycles. The second-order valence-corrected chi connectivity index (χ2v) is 6.50. The molecule has 3 nitrogen and oxygen atoms in total. The van der Waals surface area contributed by atoms with Crippen LogP contribution in [0.1, 0.15) is 11.1 Å². The molecule has 0 spiro atoms. The summed E-state index contributed by atoms with van der Waals surface area (Å²) in [6.45, 7) is 7.82. The minimum absolute atomic E-state index is 0.408. The maximum atomic E-state index is 6.37. The molecule has 2 saturated heterocycles. The van der Waals surface area contributed by atoms with Crippen LogP contribution < -0.4 is 5.73 Å². The molecule has 2 bridgehead atoms. The van der Waals surface area contributed by atoms with Crippen molar-refractivity contribution >= 4 is 0 Å². The standard InChI is InChI=1S/C16H25N3/c1-12-3-5-13(6-4-12)7-19-10-14-8-18(2)9-15(11-19)16(14)17/h3-6,14-16H,7-11,17H2,1-2H3. The summed E-state index contributed by atoms with van der Waals surface area (Å²) in [5.41, 5.74) is 9.13. The molecular formula is C16H25N3. The lowest BCUT2D eigenvalue weighted by molar-refractivity contribution is 0.0202. The molecule has 2 aliphatic heterocycles. The molecule has 0 saturated carbocycles. The Balaban J connectivity index is 1.66. The molecule has 2 heterocycles. The Morgan fingerprint density at radius 1 is 1.05 bits per heavy atom. The Hall–Kier alpha value is -0.900. The van der Waals surface area contributed by atoms with Crippen LogP contribution in [0.4, 0.5) is 0 Å². The highest BCUT2D eigenvalue weighted by Crippen LogP contribution is 2.28. The third-order valence-corrected chi connectivity index (χ3v) is 4.69. The van der Waals surface area contributed by atoms with Crippen molar-refractivity contribution < 1.29 is 0 Å². The van der Waals surface area contributed by atoms with Gasteiger partial charge in [0.05, 0.1) is 0 Å². The highest BCUT2D eigenvalue weighted by Gasteiger charge is 2.38. The number of piperidine rings is 2. The van der Waals surface area contributed by atoms with Gasteiger partial charge in [0.1, 0.15) is 0 Å². The number of hydrogen-bond donors (Lipinski definition) is 1. The summed E-state index contributed by atoms with van der Waals surface area (Å²) in [6.07, 6.45) is 0. The van der Waals surface area contributed by atoms with Crippen molar-refractivity contribution in [3.05, 3.63) is 35.4 Å². The van der Waals surface area contributed by atoms with Crippen molar-refractivity contribution in [3.8, 4) is 0 Å². The van der Waals surface area contributed by atoms with Gasteiger partial charge in [0.25, 0.3) is 0 Å². The van der Waals surface area contributed by atoms with Crippen LogP contribution in [-0.4, -0.2) is 49.1 Å². The Labute approximate surface area is 116 Å². The molecule has 3 heteroatoms. The van der Waals surface area contributed by atoms with E-state index >= 15 is 0 Å². The summed E-state index contributed by atoms with van der Waals surface area (Å²) in [5, 5.41) is 0. The molecular weight excluding hydrogens is 234 g/mol. The summed E-state index contributed by atoms with van der Waals surface area (Å²) < 4.78 is 0. The second kappa shape index (κ2) is 5.23. The fourth-order valence-corrected chi connectivity index (χ4v) is 3.68. The minimum atomic E-state index is 0.408. The number of hydrogen-bond acceptors (Lipinski definition) is 3. The molecule has 3 rings (SSSR count). The van der Waals surface area contributed by atoms with E-state index in [9.17, 15) is 0 Å². The van der Waals surface area contributed by atoms with E-state index in [-0.39, 0.29) is 0 Å². The van der Waals surface area contributed by atoms with Crippen molar-refractivity contribution in [2.75, 3.05) is 33.2 Å². The quantitative estimate of drug-likeness (QED) is 0.869. The average Bonchev–Trinajstić information content (AvgIpc) is 2.35. The maximum absolute atomic E-state index is 6.37. The van der Waals surface area contributed by atoms with Crippen LogP contribution in [-0.2, 0) is 6.54 Å². The van der Waals surface area contributed by atoms with E-state index in [4.69, 9.17) is 5.73 Å². The van der Waals surface area contributed by atoms with Gasteiger partial charge in [-0.1, -0.05) is 29.8 Å². The summed E-state index contributed by atoms with van der Waals surface area (Å²) in [7, 11) is 2.22. The Bertz CT molecular complexity index is 412. The van der Waals surface area contributed by atoms with E-state index in [2.05, 4.69) is 48.0 Å². The fraction of sp³-hybridized carbons (Fsp3) is 0.625. The van der Waals surface area contributed by atoms with Crippen molar-refractivity contribution in [2.45, 2.75) is 19.5 Å². The first-order chi connectivity index (χ1) is 9.11. The molecule has 0 amide bonds. The van der Waals surface area contributed by atoms with Gasteiger partial charge in [0, 0.05) is 38.8 Å². The Kier molecular flexibility index (Phi) is 3.61. The van der Waals surface area contributed by atoms with E-state index in [0.29, 0.717) is 17.9 Å². The van der Waals surface area contributed by atoms with Gasteiger partial charge >= 0.3 is 0 Å². The third-order valence-electron chi connectivity index (χ3n) is 4.69. The molecule has 2 aliphatic rings. The topological polar surface area (TPSA) is 32.5 Å². The summed E-state index contributed by atoms with van der Waals surface area (Å²) in [5.74, 6) is 1.28. The highest BCUT2D eigenvalue weighted by molar-refractivity contribution is 5.21. The summed E-state index contributed by atoms with van der Waals surface area (Å²) in [6, 6.07) is 9.34. The van der Waals surface area contributed by atoms with E-state index in [1.54, 1.807) is 0 Å². The van der Waals surface area contributed by atoms with Crippen LogP contribution in [0.2, 0.25) is 0 Å². The molecule has 2 atom stereocenters. The molecule has 0 aromatic heterocycles. The predicted molar refractivity (Wildman–Crippen MR) is 78.9 cm³/mol. The van der Waals surface area contributed by atoms with Gasteiger partial charge in [0.15, 0.2) is 0 Å². The van der Waals surface area contributed by atoms with Gasteiger partial charge in [0.2, 0.25) is 0 Å². The zero-order chi connectivity index (χ0) is 13.4. The number of fused-ring (bicyclic) bond motifs is 2. The van der Waals surface area contributed by atoms with Gasteiger partial charge in [-0.25, -0.2) is 0 Å². The lowest BCUT2D eigenvalue weighted by Crippen LogP contribution is -2.62.